The molecule has 1 N–H and O–H groups in total. The maximum Gasteiger partial charge on any atom is 0.335 e. The molecule has 3 aromatic rings. The summed E-state index contributed by atoms with van der Waals surface area (Å²) in [5, 5.41) is 3.38. The largest absolute Gasteiger partial charge is 0.354 e. The molecule has 1 atom stereocenters. The maximum absolute atomic E-state index is 13.2. The Hall–Kier alpha value is -2.82. The first-order chi connectivity index (χ1) is 15.6. The highest BCUT2D eigenvalue weighted by Gasteiger charge is 2.17. The third kappa shape index (κ3) is 8.85. The Morgan fingerprint density at radius 2 is 1.76 bits per heavy atom. The van der Waals surface area contributed by atoms with E-state index in [1.165, 1.54) is 12.1 Å². The first-order valence-corrected chi connectivity index (χ1v) is 11.0. The fourth-order valence-electron chi connectivity index (χ4n) is 3.56. The summed E-state index contributed by atoms with van der Waals surface area (Å²) in [5.41, 5.74) is 2.91. The van der Waals surface area contributed by atoms with Gasteiger partial charge in [0.2, 0.25) is 0 Å². The summed E-state index contributed by atoms with van der Waals surface area (Å²) in [6.45, 7) is 5.87. The van der Waals surface area contributed by atoms with Gasteiger partial charge in [0.1, 0.15) is 17.5 Å². The summed E-state index contributed by atoms with van der Waals surface area (Å²) >= 11 is -0.750. The van der Waals surface area contributed by atoms with Crippen molar-refractivity contribution in [3.8, 4) is 0 Å². The molecule has 4 rings (SSSR count). The van der Waals surface area contributed by atoms with Crippen LogP contribution in [0.2, 0.25) is 0 Å². The van der Waals surface area contributed by atoms with Crippen LogP contribution in [0.4, 0.5) is 10.2 Å². The maximum atomic E-state index is 13.2. The molecule has 3 heterocycles. The van der Waals surface area contributed by atoms with Crippen LogP contribution in [0.3, 0.4) is 0 Å². The molecule has 1 aliphatic rings. The van der Waals surface area contributed by atoms with Gasteiger partial charge in [-0.3, -0.25) is 9.97 Å². The van der Waals surface area contributed by atoms with Crippen molar-refractivity contribution in [2.24, 2.45) is 0 Å². The predicted molar refractivity (Wildman–Crippen MR) is 133 cm³/mol. The van der Waals surface area contributed by atoms with Crippen LogP contribution in [0, 0.1) is 5.82 Å². The molecule has 1 fully saturated rings. The van der Waals surface area contributed by atoms with E-state index in [4.69, 9.17) is 18.4 Å². The van der Waals surface area contributed by atoms with Crippen molar-refractivity contribution in [3.05, 3.63) is 77.5 Å². The van der Waals surface area contributed by atoms with Gasteiger partial charge in [0.25, 0.3) is 0 Å². The van der Waals surface area contributed by atoms with Crippen LogP contribution < -0.4 is 10.2 Å². The number of aromatic nitrogens is 4. The lowest BCUT2D eigenvalue weighted by Gasteiger charge is -2.29. The van der Waals surface area contributed by atoms with E-state index >= 15 is 0 Å². The summed E-state index contributed by atoms with van der Waals surface area (Å²) in [5.74, 6) is 1.74. The molecule has 0 bridgehead atoms. The monoisotopic (exact) mass is 508 g/mol. The van der Waals surface area contributed by atoms with Gasteiger partial charge in [-0.1, -0.05) is 26.5 Å². The van der Waals surface area contributed by atoms with Gasteiger partial charge in [-0.15, -0.1) is 12.4 Å². The van der Waals surface area contributed by atoms with Crippen molar-refractivity contribution < 1.29 is 12.8 Å². The van der Waals surface area contributed by atoms with E-state index in [1.807, 2.05) is 12.1 Å². The minimum Gasteiger partial charge on any atom is -0.354 e. The zero-order valence-corrected chi connectivity index (χ0v) is 19.8. The van der Waals surface area contributed by atoms with Crippen LogP contribution in [-0.4, -0.2) is 54.5 Å². The van der Waals surface area contributed by atoms with Gasteiger partial charge in [0.05, 0.1) is 11.4 Å². The van der Waals surface area contributed by atoms with Crippen LogP contribution in [0.5, 0.6) is 0 Å². The first kappa shape index (κ1) is 29.2. The zero-order chi connectivity index (χ0) is 22.8. The number of hydrogen-bond acceptors (Lipinski definition) is 8. The quantitative estimate of drug-likeness (QED) is 0.542. The molecule has 1 aromatic carbocycles. The highest BCUT2D eigenvalue weighted by atomic mass is 35.5. The second-order valence-corrected chi connectivity index (χ2v) is 7.61. The van der Waals surface area contributed by atoms with Crippen LogP contribution in [0.1, 0.15) is 43.0 Å². The van der Waals surface area contributed by atoms with Gasteiger partial charge >= 0.3 is 11.6 Å². The molecule has 0 saturated carbocycles. The number of rotatable bonds is 6. The Balaban J connectivity index is 0.00000110. The second-order valence-electron chi connectivity index (χ2n) is 7.47. The Morgan fingerprint density at radius 1 is 1.09 bits per heavy atom. The number of halogens is 2. The number of piperazine rings is 1. The topological polar surface area (TPSA) is 101 Å². The Labute approximate surface area is 209 Å². The van der Waals surface area contributed by atoms with E-state index in [9.17, 15) is 4.39 Å². The molecular formula is C23H30ClFN6O2S. The molecule has 184 valence electrons. The number of hydrogen-bond donors (Lipinski definition) is 1. The van der Waals surface area contributed by atoms with E-state index in [0.717, 1.165) is 54.8 Å². The summed E-state index contributed by atoms with van der Waals surface area (Å²) in [6, 6.07) is 8.74. The molecular weight excluding hydrogens is 479 g/mol. The summed E-state index contributed by atoms with van der Waals surface area (Å²) in [7, 11) is 0. The van der Waals surface area contributed by atoms with E-state index in [-0.39, 0.29) is 31.6 Å². The van der Waals surface area contributed by atoms with Gasteiger partial charge < -0.3 is 10.2 Å². The van der Waals surface area contributed by atoms with Crippen LogP contribution in [0.15, 0.2) is 48.9 Å². The van der Waals surface area contributed by atoms with Crippen molar-refractivity contribution in [2.45, 2.75) is 33.1 Å². The highest BCUT2D eigenvalue weighted by molar-refractivity contribution is 7.51. The number of nitrogens with zero attached hydrogens (tertiary/aromatic N) is 5. The zero-order valence-electron chi connectivity index (χ0n) is 18.2. The normalized spacial score (nSPS) is 13.4. The first-order valence-electron chi connectivity index (χ1n) is 10.3. The van der Waals surface area contributed by atoms with Crippen LogP contribution in [0.25, 0.3) is 0 Å². The summed E-state index contributed by atoms with van der Waals surface area (Å²) in [4.78, 5) is 20.5. The van der Waals surface area contributed by atoms with Crippen molar-refractivity contribution in [1.29, 1.82) is 0 Å². The van der Waals surface area contributed by atoms with Crippen LogP contribution >= 0.6 is 12.4 Å². The average molecular weight is 509 g/mol. The molecule has 2 aromatic heterocycles. The van der Waals surface area contributed by atoms with Gasteiger partial charge in [-0.2, -0.15) is 8.42 Å². The number of nitrogens with one attached hydrogen (secondary N) is 1. The minimum atomic E-state index is -0.750. The summed E-state index contributed by atoms with van der Waals surface area (Å²) < 4.78 is 29.8. The predicted octanol–water partition coefficient (Wildman–Crippen LogP) is 3.14. The second kappa shape index (κ2) is 15.2. The smallest absolute Gasteiger partial charge is 0.335 e. The molecule has 0 amide bonds. The lowest BCUT2D eigenvalue weighted by Crippen LogP contribution is -2.44. The molecule has 1 aliphatic heterocycles. The van der Waals surface area contributed by atoms with Crippen molar-refractivity contribution in [3.63, 3.8) is 0 Å². The Kier molecular flexibility index (Phi) is 13.0. The number of benzene rings is 1. The Morgan fingerprint density at radius 3 is 2.38 bits per heavy atom. The number of anilines is 1. The van der Waals surface area contributed by atoms with Gasteiger partial charge in [0.15, 0.2) is 0 Å². The lowest BCUT2D eigenvalue weighted by atomic mass is 9.97. The SMILES string of the molecule is C.C[C@H](Cc1nc(Cc2cnccn2)cc(N2CCNCC2)n1)c1ccc(F)cc1.Cl.O=S=O. The average Bonchev–Trinajstić information content (AvgIpc) is 2.81. The van der Waals surface area contributed by atoms with E-state index in [0.29, 0.717) is 12.8 Å². The lowest BCUT2D eigenvalue weighted by molar-refractivity contribution is 0.581. The highest BCUT2D eigenvalue weighted by Crippen LogP contribution is 2.22. The molecule has 11 heteroatoms. The van der Waals surface area contributed by atoms with Crippen molar-refractivity contribution >= 4 is 29.8 Å². The fraction of sp³-hybridized carbons (Fsp3) is 0.391. The molecule has 0 radical (unpaired) electrons. The van der Waals surface area contributed by atoms with E-state index in [2.05, 4.69) is 33.2 Å². The van der Waals surface area contributed by atoms with Crippen molar-refractivity contribution in [2.75, 3.05) is 31.1 Å². The summed E-state index contributed by atoms with van der Waals surface area (Å²) in [6.07, 6.45) is 6.45. The molecule has 34 heavy (non-hydrogen) atoms. The molecule has 0 spiro atoms. The third-order valence-electron chi connectivity index (χ3n) is 5.16. The van der Waals surface area contributed by atoms with Gasteiger partial charge in [-0.05, 0) is 23.6 Å². The van der Waals surface area contributed by atoms with Gasteiger partial charge in [-0.25, -0.2) is 14.4 Å². The molecule has 0 aliphatic carbocycles. The van der Waals surface area contributed by atoms with Crippen molar-refractivity contribution in [1.82, 2.24) is 25.3 Å². The van der Waals surface area contributed by atoms with Crippen LogP contribution in [-0.2, 0) is 24.4 Å². The third-order valence-corrected chi connectivity index (χ3v) is 5.16. The van der Waals surface area contributed by atoms with E-state index in [1.54, 1.807) is 18.6 Å². The molecule has 8 nitrogen and oxygen atoms in total. The fourth-order valence-corrected chi connectivity index (χ4v) is 3.56. The molecule has 1 saturated heterocycles. The van der Waals surface area contributed by atoms with E-state index < -0.39 is 11.6 Å². The standard InChI is InChI=1S/C22H25FN6.CH4.ClH.O2S/c1-16(17-2-4-18(23)5-3-17)12-21-27-19(13-20-15-25-6-7-26-20)14-22(28-21)29-10-8-24-9-11-29;;;1-3-2/h2-7,14-16,24H,8-13H2,1H3;1H4;1H;/t16-;;;/m1.../s1. The van der Waals surface area contributed by atoms with Gasteiger partial charge in [0, 0.05) is 63.7 Å². The minimum absolute atomic E-state index is 0. The Bertz CT molecular complexity index is 1030. The molecule has 0 unspecified atom stereocenters.